The molecule has 0 unspecified atom stereocenters. The van der Waals surface area contributed by atoms with Gasteiger partial charge in [-0.15, -0.1) is 0 Å². The zero-order valence-electron chi connectivity index (χ0n) is 25.1. The zero-order valence-corrected chi connectivity index (χ0v) is 25.1. The van der Waals surface area contributed by atoms with E-state index >= 15 is 0 Å². The number of carbonyl (C=O) groups is 2. The second kappa shape index (κ2) is 13.9. The number of ether oxygens (including phenoxy) is 3. The van der Waals surface area contributed by atoms with Crippen LogP contribution in [0.25, 0.3) is 5.76 Å². The Morgan fingerprint density at radius 2 is 1.83 bits per heavy atom. The monoisotopic (exact) mass is 564 g/mol. The largest absolute Gasteiger partial charge is 0.507 e. The number of ketones is 1. The number of hydrogen-bond donors (Lipinski definition) is 1. The number of methoxy groups -OCH3 is 1. The molecule has 0 radical (unpaired) electrons. The van der Waals surface area contributed by atoms with Crippen LogP contribution >= 0.6 is 0 Å². The Balaban J connectivity index is 1.73. The summed E-state index contributed by atoms with van der Waals surface area (Å²) in [7, 11) is 1.58. The maximum atomic E-state index is 13.5. The number of amides is 1. The Morgan fingerprint density at radius 3 is 2.54 bits per heavy atom. The van der Waals surface area contributed by atoms with Crippen LogP contribution in [0.15, 0.2) is 42.0 Å². The maximum absolute atomic E-state index is 13.5. The molecule has 1 fully saturated rings. The Morgan fingerprint density at radius 1 is 1.05 bits per heavy atom. The minimum absolute atomic E-state index is 0.0500. The maximum Gasteiger partial charge on any atom is 0.295 e. The lowest BCUT2D eigenvalue weighted by molar-refractivity contribution is -0.140. The number of rotatable bonds is 14. The molecule has 2 aromatic carbocycles. The first-order valence-electron chi connectivity index (χ1n) is 14.9. The molecule has 2 atom stereocenters. The number of unbranched alkanes of at least 4 members (excludes halogenated alkanes) is 2. The summed E-state index contributed by atoms with van der Waals surface area (Å²) >= 11 is 0. The first-order chi connectivity index (χ1) is 19.8. The van der Waals surface area contributed by atoms with Crippen molar-refractivity contribution in [3.63, 3.8) is 0 Å². The molecule has 4 rings (SSSR count). The number of likely N-dealkylation sites (tertiary alicyclic amines) is 1. The molecule has 0 spiro atoms. The van der Waals surface area contributed by atoms with Gasteiger partial charge >= 0.3 is 0 Å². The van der Waals surface area contributed by atoms with E-state index in [1.165, 1.54) is 0 Å². The summed E-state index contributed by atoms with van der Waals surface area (Å²) in [5.41, 5.74) is 2.24. The van der Waals surface area contributed by atoms with Crippen LogP contribution in [-0.4, -0.2) is 72.6 Å². The molecular formula is C33H44N2O6. The highest BCUT2D eigenvalue weighted by atomic mass is 16.5. The van der Waals surface area contributed by atoms with E-state index in [4.69, 9.17) is 14.2 Å². The smallest absolute Gasteiger partial charge is 0.295 e. The van der Waals surface area contributed by atoms with Gasteiger partial charge in [-0.2, -0.15) is 0 Å². The molecule has 2 aromatic rings. The van der Waals surface area contributed by atoms with Crippen molar-refractivity contribution >= 4 is 17.4 Å². The van der Waals surface area contributed by atoms with Crippen LogP contribution in [0, 0.1) is 0 Å². The number of benzene rings is 2. The predicted molar refractivity (Wildman–Crippen MR) is 160 cm³/mol. The highest BCUT2D eigenvalue weighted by molar-refractivity contribution is 6.46. The van der Waals surface area contributed by atoms with Gasteiger partial charge in [-0.25, -0.2) is 0 Å². The number of Topliss-reactive ketones (excluding diaryl/α,β-unsaturated/α-hetero) is 1. The van der Waals surface area contributed by atoms with Gasteiger partial charge in [0.05, 0.1) is 25.3 Å². The highest BCUT2D eigenvalue weighted by Gasteiger charge is 2.46. The quantitative estimate of drug-likeness (QED) is 0.135. The van der Waals surface area contributed by atoms with Crippen molar-refractivity contribution in [2.75, 3.05) is 39.9 Å². The van der Waals surface area contributed by atoms with Crippen LogP contribution in [0.1, 0.15) is 76.1 Å². The van der Waals surface area contributed by atoms with Crippen LogP contribution in [0.2, 0.25) is 0 Å². The van der Waals surface area contributed by atoms with Crippen LogP contribution in [0.3, 0.4) is 0 Å². The molecule has 8 heteroatoms. The molecule has 1 N–H and O–H groups in total. The number of aliphatic hydroxyl groups excluding tert-OH is 1. The van der Waals surface area contributed by atoms with E-state index in [2.05, 4.69) is 25.7 Å². The van der Waals surface area contributed by atoms with E-state index in [0.717, 1.165) is 56.6 Å². The summed E-state index contributed by atoms with van der Waals surface area (Å²) in [6.07, 6.45) is 4.59. The first-order valence-corrected chi connectivity index (χ1v) is 14.9. The summed E-state index contributed by atoms with van der Waals surface area (Å²) in [4.78, 5) is 30.9. The normalized spacial score (nSPS) is 19.5. The van der Waals surface area contributed by atoms with Crippen LogP contribution in [0.5, 0.6) is 17.2 Å². The van der Waals surface area contributed by atoms with E-state index in [1.807, 2.05) is 37.3 Å². The molecule has 1 saturated heterocycles. The lowest BCUT2D eigenvalue weighted by Gasteiger charge is -2.27. The van der Waals surface area contributed by atoms with Crippen molar-refractivity contribution in [3.8, 4) is 17.2 Å². The second-order valence-electron chi connectivity index (χ2n) is 10.8. The molecule has 1 amide bonds. The van der Waals surface area contributed by atoms with Crippen LogP contribution < -0.4 is 14.2 Å². The highest BCUT2D eigenvalue weighted by Crippen LogP contribution is 2.43. The minimum Gasteiger partial charge on any atom is -0.507 e. The number of hydrogen-bond acceptors (Lipinski definition) is 7. The molecule has 2 aliphatic heterocycles. The van der Waals surface area contributed by atoms with Crippen molar-refractivity contribution < 1.29 is 28.9 Å². The molecule has 0 aliphatic carbocycles. The third-order valence-corrected chi connectivity index (χ3v) is 7.99. The summed E-state index contributed by atoms with van der Waals surface area (Å²) in [6.45, 7) is 11.9. The second-order valence-corrected chi connectivity index (χ2v) is 10.8. The van der Waals surface area contributed by atoms with Crippen molar-refractivity contribution in [2.24, 2.45) is 0 Å². The fraction of sp³-hybridized carbons (Fsp3) is 0.515. The molecule has 8 nitrogen and oxygen atoms in total. The fourth-order valence-corrected chi connectivity index (χ4v) is 5.69. The molecular weight excluding hydrogens is 520 g/mol. The van der Waals surface area contributed by atoms with Crippen molar-refractivity contribution in [1.82, 2.24) is 9.80 Å². The van der Waals surface area contributed by atoms with Gasteiger partial charge in [0.1, 0.15) is 17.6 Å². The molecule has 0 bridgehead atoms. The van der Waals surface area contributed by atoms with Gasteiger partial charge in [-0.05, 0) is 80.9 Å². The van der Waals surface area contributed by atoms with Gasteiger partial charge in [0, 0.05) is 18.5 Å². The standard InChI is InChI=1S/C33H44N2O6/c1-6-9-10-18-40-27-15-12-23(21-28(27)39-5)30-29(31(36)24-13-14-26-25(20-24)19-22(4)41-26)32(37)33(38)35(30)17-11-16-34(7-2)8-3/h12-15,20-22,30,36H,6-11,16-19H2,1-5H3/b31-29+/t22-,30+/m0/s1. The Hall–Kier alpha value is -3.52. The van der Waals surface area contributed by atoms with E-state index in [0.29, 0.717) is 42.2 Å². The number of aliphatic hydroxyl groups is 1. The third kappa shape index (κ3) is 6.70. The van der Waals surface area contributed by atoms with Crippen molar-refractivity contribution in [3.05, 3.63) is 58.7 Å². The average molecular weight is 565 g/mol. The van der Waals surface area contributed by atoms with Crippen LogP contribution in [-0.2, 0) is 16.0 Å². The summed E-state index contributed by atoms with van der Waals surface area (Å²) < 4.78 is 17.5. The molecule has 0 saturated carbocycles. The lowest BCUT2D eigenvalue weighted by atomic mass is 9.94. The van der Waals surface area contributed by atoms with Gasteiger partial charge in [-0.1, -0.05) is 39.7 Å². The van der Waals surface area contributed by atoms with E-state index in [9.17, 15) is 14.7 Å². The Labute approximate surface area is 243 Å². The molecule has 41 heavy (non-hydrogen) atoms. The SMILES string of the molecule is CCCCCOc1ccc([C@@H]2/C(=C(\O)c3ccc4c(c3)C[C@H](C)O4)C(=O)C(=O)N2CCCN(CC)CC)cc1OC. The predicted octanol–water partition coefficient (Wildman–Crippen LogP) is 5.74. The Bertz CT molecular complexity index is 1270. The van der Waals surface area contributed by atoms with E-state index in [-0.39, 0.29) is 17.4 Å². The van der Waals surface area contributed by atoms with E-state index < -0.39 is 17.7 Å². The topological polar surface area (TPSA) is 88.5 Å². The number of fused-ring (bicyclic) bond motifs is 1. The zero-order chi connectivity index (χ0) is 29.5. The lowest BCUT2D eigenvalue weighted by Crippen LogP contribution is -2.33. The fourth-order valence-electron chi connectivity index (χ4n) is 5.69. The van der Waals surface area contributed by atoms with E-state index in [1.54, 1.807) is 18.1 Å². The van der Waals surface area contributed by atoms with Gasteiger partial charge in [0.25, 0.3) is 11.7 Å². The molecule has 2 heterocycles. The van der Waals surface area contributed by atoms with Crippen molar-refractivity contribution in [2.45, 2.75) is 71.9 Å². The van der Waals surface area contributed by atoms with Gasteiger partial charge in [-0.3, -0.25) is 9.59 Å². The first kappa shape index (κ1) is 30.4. The van der Waals surface area contributed by atoms with Crippen molar-refractivity contribution in [1.29, 1.82) is 0 Å². The van der Waals surface area contributed by atoms with Gasteiger partial charge in [0.2, 0.25) is 0 Å². The summed E-state index contributed by atoms with van der Waals surface area (Å²) in [6, 6.07) is 10.2. The van der Waals surface area contributed by atoms with Gasteiger partial charge < -0.3 is 29.1 Å². The third-order valence-electron chi connectivity index (χ3n) is 7.99. The summed E-state index contributed by atoms with van der Waals surface area (Å²) in [5, 5.41) is 11.6. The Kier molecular flexibility index (Phi) is 10.3. The average Bonchev–Trinajstić information content (AvgIpc) is 3.48. The molecule has 222 valence electrons. The van der Waals surface area contributed by atoms with Gasteiger partial charge in [0.15, 0.2) is 11.5 Å². The minimum atomic E-state index is -0.752. The van der Waals surface area contributed by atoms with Crippen LogP contribution in [0.4, 0.5) is 0 Å². The molecule has 0 aromatic heterocycles. The number of carbonyl (C=O) groups excluding carboxylic acids is 2. The molecule has 2 aliphatic rings. The number of nitrogens with zero attached hydrogens (tertiary/aromatic N) is 2. The summed E-state index contributed by atoms with van der Waals surface area (Å²) in [5.74, 6) is 0.449.